The van der Waals surface area contributed by atoms with E-state index < -0.39 is 0 Å². The standard InChI is InChI=1S/C17H14FNO3/c1-11-2-4-14(13(18)8-11)19-7-6-15(20)12-3-5-16-17(9-12)22-10-21-16/h2-9,19H,10H2,1H3/b7-6+. The van der Waals surface area contributed by atoms with Gasteiger partial charge in [0, 0.05) is 17.8 Å². The largest absolute Gasteiger partial charge is 0.454 e. The van der Waals surface area contributed by atoms with Crippen LogP contribution in [-0.4, -0.2) is 12.6 Å². The highest BCUT2D eigenvalue weighted by Gasteiger charge is 2.15. The van der Waals surface area contributed by atoms with E-state index in [9.17, 15) is 9.18 Å². The smallest absolute Gasteiger partial charge is 0.231 e. The molecule has 0 aliphatic carbocycles. The molecule has 0 amide bonds. The van der Waals surface area contributed by atoms with Crippen LogP contribution < -0.4 is 14.8 Å². The molecule has 2 aromatic carbocycles. The van der Waals surface area contributed by atoms with Crippen LogP contribution in [0.25, 0.3) is 0 Å². The highest BCUT2D eigenvalue weighted by atomic mass is 19.1. The molecule has 3 rings (SSSR count). The third-order valence-electron chi connectivity index (χ3n) is 3.26. The summed E-state index contributed by atoms with van der Waals surface area (Å²) in [5.41, 5.74) is 1.63. The quantitative estimate of drug-likeness (QED) is 0.691. The summed E-state index contributed by atoms with van der Waals surface area (Å²) in [6.45, 7) is 1.98. The lowest BCUT2D eigenvalue weighted by atomic mass is 10.1. The fourth-order valence-corrected chi connectivity index (χ4v) is 2.09. The van der Waals surface area contributed by atoms with Crippen LogP contribution in [0, 0.1) is 12.7 Å². The van der Waals surface area contributed by atoms with E-state index in [-0.39, 0.29) is 18.4 Å². The molecule has 5 heteroatoms. The third kappa shape index (κ3) is 2.93. The molecule has 1 heterocycles. The number of ketones is 1. The Morgan fingerprint density at radius 2 is 2.00 bits per heavy atom. The molecule has 1 N–H and O–H groups in total. The second-order valence-corrected chi connectivity index (χ2v) is 4.89. The van der Waals surface area contributed by atoms with Crippen molar-refractivity contribution in [1.29, 1.82) is 0 Å². The lowest BCUT2D eigenvalue weighted by molar-refractivity contribution is 0.104. The zero-order valence-electron chi connectivity index (χ0n) is 11.9. The van der Waals surface area contributed by atoms with E-state index in [1.165, 1.54) is 18.3 Å². The van der Waals surface area contributed by atoms with Gasteiger partial charge < -0.3 is 14.8 Å². The predicted molar refractivity (Wildman–Crippen MR) is 80.8 cm³/mol. The first-order chi connectivity index (χ1) is 10.6. The highest BCUT2D eigenvalue weighted by Crippen LogP contribution is 2.32. The SMILES string of the molecule is Cc1ccc(N/C=C/C(=O)c2ccc3c(c2)OCO3)c(F)c1. The maximum Gasteiger partial charge on any atom is 0.231 e. The van der Waals surface area contributed by atoms with Gasteiger partial charge in [0.2, 0.25) is 6.79 Å². The van der Waals surface area contributed by atoms with Crippen molar-refractivity contribution in [2.24, 2.45) is 0 Å². The fraction of sp³-hybridized carbons (Fsp3) is 0.118. The van der Waals surface area contributed by atoms with Crippen LogP contribution in [-0.2, 0) is 0 Å². The van der Waals surface area contributed by atoms with Crippen molar-refractivity contribution >= 4 is 11.5 Å². The minimum Gasteiger partial charge on any atom is -0.454 e. The number of benzene rings is 2. The van der Waals surface area contributed by atoms with Gasteiger partial charge in [-0.2, -0.15) is 0 Å². The Hall–Kier alpha value is -2.82. The number of hydrogen-bond acceptors (Lipinski definition) is 4. The monoisotopic (exact) mass is 299 g/mol. The molecule has 0 radical (unpaired) electrons. The highest BCUT2D eigenvalue weighted by molar-refractivity contribution is 6.05. The molecule has 22 heavy (non-hydrogen) atoms. The summed E-state index contributed by atoms with van der Waals surface area (Å²) in [5.74, 6) is 0.607. The summed E-state index contributed by atoms with van der Waals surface area (Å²) in [5, 5.41) is 2.76. The number of anilines is 1. The van der Waals surface area contributed by atoms with Gasteiger partial charge in [0.05, 0.1) is 5.69 Å². The molecule has 4 nitrogen and oxygen atoms in total. The molecule has 112 valence electrons. The topological polar surface area (TPSA) is 47.6 Å². The lowest BCUT2D eigenvalue weighted by Crippen LogP contribution is -1.97. The Bertz CT molecular complexity index is 756. The molecule has 0 atom stereocenters. The molecule has 0 saturated carbocycles. The van der Waals surface area contributed by atoms with Crippen LogP contribution >= 0.6 is 0 Å². The van der Waals surface area contributed by atoms with Gasteiger partial charge in [-0.05, 0) is 42.8 Å². The predicted octanol–water partition coefficient (Wildman–Crippen LogP) is 3.67. The number of fused-ring (bicyclic) bond motifs is 1. The van der Waals surface area contributed by atoms with Crippen LogP contribution in [0.4, 0.5) is 10.1 Å². The number of hydrogen-bond donors (Lipinski definition) is 1. The Labute approximate surface area is 127 Å². The van der Waals surface area contributed by atoms with E-state index in [4.69, 9.17) is 9.47 Å². The maximum absolute atomic E-state index is 13.6. The Morgan fingerprint density at radius 3 is 2.82 bits per heavy atom. The number of nitrogens with one attached hydrogen (secondary N) is 1. The zero-order chi connectivity index (χ0) is 15.5. The van der Waals surface area contributed by atoms with Gasteiger partial charge in [-0.15, -0.1) is 0 Å². The van der Waals surface area contributed by atoms with Crippen LogP contribution in [0.2, 0.25) is 0 Å². The van der Waals surface area contributed by atoms with E-state index >= 15 is 0 Å². The number of carbonyl (C=O) groups excluding carboxylic acids is 1. The average molecular weight is 299 g/mol. The normalized spacial score (nSPS) is 12.6. The molecular formula is C17H14FNO3. The van der Waals surface area contributed by atoms with Gasteiger partial charge in [0.25, 0.3) is 0 Å². The summed E-state index contributed by atoms with van der Waals surface area (Å²) in [6, 6.07) is 9.82. The van der Waals surface area contributed by atoms with Crippen LogP contribution in [0.15, 0.2) is 48.7 Å². The number of aryl methyl sites for hydroxylation is 1. The van der Waals surface area contributed by atoms with Gasteiger partial charge in [-0.1, -0.05) is 6.07 Å². The molecule has 0 fully saturated rings. The molecule has 0 aromatic heterocycles. The van der Waals surface area contributed by atoms with Crippen molar-refractivity contribution in [2.75, 3.05) is 12.1 Å². The first-order valence-corrected chi connectivity index (χ1v) is 6.77. The minimum atomic E-state index is -0.361. The van der Waals surface area contributed by atoms with Crippen molar-refractivity contribution in [3.63, 3.8) is 0 Å². The molecule has 0 spiro atoms. The molecule has 2 aromatic rings. The van der Waals surface area contributed by atoms with Crippen LogP contribution in [0.3, 0.4) is 0 Å². The molecule has 1 aliphatic heterocycles. The fourth-order valence-electron chi connectivity index (χ4n) is 2.09. The Morgan fingerprint density at radius 1 is 1.18 bits per heavy atom. The number of halogens is 1. The van der Waals surface area contributed by atoms with E-state index in [2.05, 4.69) is 5.32 Å². The number of carbonyl (C=O) groups is 1. The van der Waals surface area contributed by atoms with Crippen molar-refractivity contribution in [1.82, 2.24) is 0 Å². The van der Waals surface area contributed by atoms with Gasteiger partial charge >= 0.3 is 0 Å². The molecule has 0 unspecified atom stereocenters. The first-order valence-electron chi connectivity index (χ1n) is 6.77. The number of ether oxygens (including phenoxy) is 2. The van der Waals surface area contributed by atoms with Gasteiger partial charge in [-0.3, -0.25) is 4.79 Å². The van der Waals surface area contributed by atoms with E-state index in [1.807, 2.05) is 6.92 Å². The van der Waals surface area contributed by atoms with Crippen molar-refractivity contribution in [2.45, 2.75) is 6.92 Å². The van der Waals surface area contributed by atoms with Crippen molar-refractivity contribution < 1.29 is 18.7 Å². The second-order valence-electron chi connectivity index (χ2n) is 4.89. The third-order valence-corrected chi connectivity index (χ3v) is 3.26. The summed E-state index contributed by atoms with van der Waals surface area (Å²) in [7, 11) is 0. The molecule has 0 saturated heterocycles. The Balaban J connectivity index is 1.68. The second kappa shape index (κ2) is 5.89. The Kier molecular flexibility index (Phi) is 3.78. The minimum absolute atomic E-state index is 0.164. The van der Waals surface area contributed by atoms with Crippen molar-refractivity contribution in [3.8, 4) is 11.5 Å². The van der Waals surface area contributed by atoms with E-state index in [1.54, 1.807) is 30.3 Å². The van der Waals surface area contributed by atoms with Gasteiger partial charge in [-0.25, -0.2) is 4.39 Å². The molecule has 1 aliphatic rings. The maximum atomic E-state index is 13.6. The number of allylic oxidation sites excluding steroid dienone is 1. The number of rotatable bonds is 4. The average Bonchev–Trinajstić information content (AvgIpc) is 2.96. The van der Waals surface area contributed by atoms with Crippen LogP contribution in [0.1, 0.15) is 15.9 Å². The molecular weight excluding hydrogens is 285 g/mol. The van der Waals surface area contributed by atoms with Gasteiger partial charge in [0.1, 0.15) is 5.82 Å². The van der Waals surface area contributed by atoms with E-state index in [0.29, 0.717) is 22.7 Å². The lowest BCUT2D eigenvalue weighted by Gasteiger charge is -2.03. The van der Waals surface area contributed by atoms with Gasteiger partial charge in [0.15, 0.2) is 17.3 Å². The van der Waals surface area contributed by atoms with Crippen molar-refractivity contribution in [3.05, 3.63) is 65.6 Å². The zero-order valence-corrected chi connectivity index (χ0v) is 11.9. The van der Waals surface area contributed by atoms with Crippen LogP contribution in [0.5, 0.6) is 11.5 Å². The summed E-state index contributed by atoms with van der Waals surface area (Å²) < 4.78 is 24.1. The molecule has 0 bridgehead atoms. The summed E-state index contributed by atoms with van der Waals surface area (Å²) >= 11 is 0. The first kappa shape index (κ1) is 14.1. The summed E-state index contributed by atoms with van der Waals surface area (Å²) in [4.78, 5) is 12.1. The van der Waals surface area contributed by atoms with E-state index in [0.717, 1.165) is 5.56 Å². The summed E-state index contributed by atoms with van der Waals surface area (Å²) in [6.07, 6.45) is 2.76.